The molecule has 0 amide bonds. The molecule has 2 nitrogen and oxygen atoms in total. The van der Waals surface area contributed by atoms with Crippen LogP contribution in [-0.4, -0.2) is 17.1 Å². The first-order valence-corrected chi connectivity index (χ1v) is 7.94. The second-order valence-electron chi connectivity index (χ2n) is 6.35. The summed E-state index contributed by atoms with van der Waals surface area (Å²) in [5, 5.41) is 10.4. The lowest BCUT2D eigenvalue weighted by molar-refractivity contribution is -0.156. The monoisotopic (exact) mass is 322 g/mol. The van der Waals surface area contributed by atoms with E-state index in [2.05, 4.69) is 0 Å². The minimum absolute atomic E-state index is 0.0687. The lowest BCUT2D eigenvalue weighted by atomic mass is 9.71. The van der Waals surface area contributed by atoms with Crippen molar-refractivity contribution in [3.8, 4) is 0 Å². The molecule has 130 valence electrons. The van der Waals surface area contributed by atoms with Gasteiger partial charge in [-0.3, -0.25) is 4.79 Å². The molecule has 0 fully saturated rings. The molecule has 0 radical (unpaired) electrons. The summed E-state index contributed by atoms with van der Waals surface area (Å²) in [6, 6.07) is 0. The van der Waals surface area contributed by atoms with Crippen molar-refractivity contribution in [1.29, 1.82) is 0 Å². The first kappa shape index (κ1) is 21.0. The maximum atomic E-state index is 12.8. The lowest BCUT2D eigenvalue weighted by Crippen LogP contribution is -2.33. The van der Waals surface area contributed by atoms with Gasteiger partial charge in [-0.25, -0.2) is 0 Å². The number of aliphatic hydroxyl groups is 1. The molecule has 0 bridgehead atoms. The highest BCUT2D eigenvalue weighted by molar-refractivity contribution is 5.99. The molecule has 0 aromatic rings. The molecule has 0 aromatic carbocycles. The lowest BCUT2D eigenvalue weighted by Gasteiger charge is -2.33. The Balaban J connectivity index is 5.81. The zero-order chi connectivity index (χ0) is 17.8. The Morgan fingerprint density at radius 1 is 0.955 bits per heavy atom. The number of carbonyl (C=O) groups excluding carboxylic acids is 1. The van der Waals surface area contributed by atoms with Gasteiger partial charge >= 0.3 is 6.18 Å². The fourth-order valence-corrected chi connectivity index (χ4v) is 3.01. The minimum atomic E-state index is -4.39. The molecule has 0 saturated heterocycles. The second-order valence-corrected chi connectivity index (χ2v) is 6.35. The first-order valence-electron chi connectivity index (χ1n) is 7.94. The zero-order valence-corrected chi connectivity index (χ0v) is 14.5. The van der Waals surface area contributed by atoms with E-state index in [4.69, 9.17) is 0 Å². The van der Waals surface area contributed by atoms with E-state index in [0.717, 1.165) is 0 Å². The third kappa shape index (κ3) is 4.50. The average Bonchev–Trinajstić information content (AvgIpc) is 2.46. The number of aliphatic hydroxyl groups excluding tert-OH is 1. The largest absolute Gasteiger partial charge is 0.511 e. The molecule has 0 aliphatic heterocycles. The van der Waals surface area contributed by atoms with Crippen molar-refractivity contribution in [3.05, 3.63) is 11.3 Å². The van der Waals surface area contributed by atoms with Gasteiger partial charge in [-0.2, -0.15) is 13.2 Å². The summed E-state index contributed by atoms with van der Waals surface area (Å²) in [4.78, 5) is 12.7. The fourth-order valence-electron chi connectivity index (χ4n) is 3.01. The summed E-state index contributed by atoms with van der Waals surface area (Å²) >= 11 is 0. The van der Waals surface area contributed by atoms with Crippen molar-refractivity contribution < 1.29 is 23.1 Å². The summed E-state index contributed by atoms with van der Waals surface area (Å²) in [7, 11) is 0. The number of hydrogen-bond donors (Lipinski definition) is 1. The molecule has 0 saturated carbocycles. The van der Waals surface area contributed by atoms with Crippen LogP contribution in [0.3, 0.4) is 0 Å². The van der Waals surface area contributed by atoms with Crippen LogP contribution in [0, 0.1) is 10.8 Å². The van der Waals surface area contributed by atoms with Crippen LogP contribution < -0.4 is 0 Å². The van der Waals surface area contributed by atoms with Crippen LogP contribution in [0.4, 0.5) is 13.2 Å². The number of hydrogen-bond acceptors (Lipinski definition) is 2. The predicted octanol–water partition coefficient (Wildman–Crippen LogP) is 5.97. The Morgan fingerprint density at radius 3 is 1.64 bits per heavy atom. The number of rotatable bonds is 8. The molecule has 1 N–H and O–H groups in total. The van der Waals surface area contributed by atoms with Gasteiger partial charge in [0.1, 0.15) is 5.76 Å². The van der Waals surface area contributed by atoms with E-state index in [1.165, 1.54) is 13.8 Å². The molecule has 0 aliphatic rings. The van der Waals surface area contributed by atoms with Gasteiger partial charge in [0.15, 0.2) is 5.78 Å². The highest BCUT2D eigenvalue weighted by Gasteiger charge is 2.43. The van der Waals surface area contributed by atoms with Gasteiger partial charge in [-0.05, 0) is 32.6 Å². The third-order valence-corrected chi connectivity index (χ3v) is 5.15. The van der Waals surface area contributed by atoms with Gasteiger partial charge in [-0.1, -0.05) is 34.6 Å². The molecule has 0 aromatic heterocycles. The van der Waals surface area contributed by atoms with Crippen LogP contribution >= 0.6 is 0 Å². The van der Waals surface area contributed by atoms with Crippen molar-refractivity contribution in [1.82, 2.24) is 0 Å². The summed E-state index contributed by atoms with van der Waals surface area (Å²) in [5.74, 6) is -0.656. The van der Waals surface area contributed by atoms with Gasteiger partial charge in [0, 0.05) is 16.4 Å². The van der Waals surface area contributed by atoms with Gasteiger partial charge in [0.05, 0.1) is 6.42 Å². The molecule has 1 unspecified atom stereocenters. The fraction of sp³-hybridized carbons (Fsp3) is 0.824. The average molecular weight is 322 g/mol. The number of ketones is 1. The summed E-state index contributed by atoms with van der Waals surface area (Å²) in [6.45, 7) is 10.1. The molecular weight excluding hydrogens is 293 g/mol. The summed E-state index contributed by atoms with van der Waals surface area (Å²) in [6.07, 6.45) is -3.60. The highest BCUT2D eigenvalue weighted by Crippen LogP contribution is 2.43. The molecule has 0 spiro atoms. The van der Waals surface area contributed by atoms with Crippen molar-refractivity contribution in [2.75, 3.05) is 0 Å². The molecule has 22 heavy (non-hydrogen) atoms. The minimum Gasteiger partial charge on any atom is -0.511 e. The molecule has 0 heterocycles. The van der Waals surface area contributed by atoms with Gasteiger partial charge in [0.25, 0.3) is 0 Å². The van der Waals surface area contributed by atoms with E-state index in [1.807, 2.05) is 20.8 Å². The Kier molecular flexibility index (Phi) is 7.17. The van der Waals surface area contributed by atoms with Crippen LogP contribution in [0.15, 0.2) is 11.3 Å². The van der Waals surface area contributed by atoms with Crippen LogP contribution in [0.5, 0.6) is 0 Å². The Morgan fingerprint density at radius 2 is 1.36 bits per heavy atom. The number of alkyl halides is 3. The smallest absolute Gasteiger partial charge is 0.390 e. The number of Topliss-reactive ketones (excluding diaryl/α,β-unsaturated/α-hetero) is 1. The quantitative estimate of drug-likeness (QED) is 0.441. The van der Waals surface area contributed by atoms with Gasteiger partial charge in [-0.15, -0.1) is 0 Å². The maximum Gasteiger partial charge on any atom is 0.390 e. The van der Waals surface area contributed by atoms with Gasteiger partial charge < -0.3 is 5.11 Å². The number of allylic oxidation sites excluding steroid dienone is 2. The van der Waals surface area contributed by atoms with Crippen molar-refractivity contribution >= 4 is 5.78 Å². The molecule has 0 aliphatic carbocycles. The number of carbonyl (C=O) groups is 1. The SMILES string of the molecule is CCC(CC)(CC)C(=O)/C(C)=C(\O)C(C)(CC)CC(F)(F)F. The topological polar surface area (TPSA) is 37.3 Å². The van der Waals surface area contributed by atoms with E-state index >= 15 is 0 Å². The Hall–Kier alpha value is -1.00. The highest BCUT2D eigenvalue weighted by atomic mass is 19.4. The van der Waals surface area contributed by atoms with E-state index in [9.17, 15) is 23.1 Å². The summed E-state index contributed by atoms with van der Waals surface area (Å²) < 4.78 is 38.3. The summed E-state index contributed by atoms with van der Waals surface area (Å²) in [5.41, 5.74) is -2.00. The van der Waals surface area contributed by atoms with Crippen LogP contribution in [0.1, 0.15) is 73.6 Å². The maximum absolute atomic E-state index is 12.8. The standard InChI is InChI=1S/C17H29F3O2/c1-7-15(6,11-17(18,19)20)13(21)12(5)14(22)16(8-2,9-3)10-4/h21H,7-11H2,1-6H3/b13-12-. The third-order valence-electron chi connectivity index (χ3n) is 5.15. The van der Waals surface area contributed by atoms with Crippen molar-refractivity contribution in [2.45, 2.75) is 79.8 Å². The number of halogens is 3. The van der Waals surface area contributed by atoms with E-state index in [0.29, 0.717) is 19.3 Å². The zero-order valence-electron chi connectivity index (χ0n) is 14.5. The first-order chi connectivity index (χ1) is 9.93. The Labute approximate surface area is 131 Å². The van der Waals surface area contributed by atoms with Crippen LogP contribution in [-0.2, 0) is 4.79 Å². The second kappa shape index (κ2) is 7.51. The van der Waals surface area contributed by atoms with Gasteiger partial charge in [0.2, 0.25) is 0 Å². The molecule has 5 heteroatoms. The van der Waals surface area contributed by atoms with Crippen molar-refractivity contribution in [3.63, 3.8) is 0 Å². The molecular formula is C17H29F3O2. The molecule has 1 atom stereocenters. The van der Waals surface area contributed by atoms with E-state index < -0.39 is 29.2 Å². The normalized spacial score (nSPS) is 17.0. The van der Waals surface area contributed by atoms with E-state index in [1.54, 1.807) is 6.92 Å². The van der Waals surface area contributed by atoms with Crippen LogP contribution in [0.25, 0.3) is 0 Å². The van der Waals surface area contributed by atoms with Crippen LogP contribution in [0.2, 0.25) is 0 Å². The predicted molar refractivity (Wildman–Crippen MR) is 82.7 cm³/mol. The molecule has 0 rings (SSSR count). The van der Waals surface area contributed by atoms with E-state index in [-0.39, 0.29) is 17.8 Å². The van der Waals surface area contributed by atoms with Crippen molar-refractivity contribution in [2.24, 2.45) is 10.8 Å². The Bertz CT molecular complexity index is 412.